The van der Waals surface area contributed by atoms with Crippen LogP contribution in [0.3, 0.4) is 0 Å². The zero-order chi connectivity index (χ0) is 29.1. The van der Waals surface area contributed by atoms with Crippen LogP contribution >= 0.6 is 0 Å². The van der Waals surface area contributed by atoms with Gasteiger partial charge in [0.2, 0.25) is 11.8 Å². The SMILES string of the molecule is CCCCc1nc(=O)c(-c2nnc(Cc3noc4ccccc34)o2)c(O)n1-c1c(OC(C)C)cccc1OC(C)C. The van der Waals surface area contributed by atoms with Gasteiger partial charge in [0.15, 0.2) is 11.1 Å². The fraction of sp³-hybridized carbons (Fsp3) is 0.367. The van der Waals surface area contributed by atoms with Crippen LogP contribution in [-0.2, 0) is 12.8 Å². The highest BCUT2D eigenvalue weighted by atomic mass is 16.5. The van der Waals surface area contributed by atoms with Crippen LogP contribution in [0.4, 0.5) is 0 Å². The van der Waals surface area contributed by atoms with Crippen LogP contribution in [0.5, 0.6) is 17.4 Å². The minimum atomic E-state index is -0.680. The highest BCUT2D eigenvalue weighted by Gasteiger charge is 2.28. The molecule has 3 aromatic heterocycles. The molecular weight excluding hydrogens is 526 g/mol. The average molecular weight is 560 g/mol. The molecule has 0 radical (unpaired) electrons. The molecule has 0 bridgehead atoms. The summed E-state index contributed by atoms with van der Waals surface area (Å²) in [6, 6.07) is 12.8. The van der Waals surface area contributed by atoms with Gasteiger partial charge in [-0.15, -0.1) is 10.2 Å². The maximum absolute atomic E-state index is 13.3. The lowest BCUT2D eigenvalue weighted by Gasteiger charge is -2.23. The van der Waals surface area contributed by atoms with Gasteiger partial charge in [0.05, 0.1) is 18.6 Å². The maximum atomic E-state index is 13.3. The third-order valence-electron chi connectivity index (χ3n) is 6.25. The van der Waals surface area contributed by atoms with Crippen LogP contribution < -0.4 is 15.0 Å². The molecule has 3 heterocycles. The summed E-state index contributed by atoms with van der Waals surface area (Å²) in [5, 5.41) is 24.9. The summed E-state index contributed by atoms with van der Waals surface area (Å²) >= 11 is 0. The maximum Gasteiger partial charge on any atom is 0.289 e. The molecule has 0 amide bonds. The topological polar surface area (TPSA) is 139 Å². The molecule has 0 fully saturated rings. The molecule has 11 heteroatoms. The first-order chi connectivity index (χ1) is 19.8. The van der Waals surface area contributed by atoms with Gasteiger partial charge in [0, 0.05) is 11.8 Å². The van der Waals surface area contributed by atoms with Crippen molar-refractivity contribution < 1.29 is 23.5 Å². The van der Waals surface area contributed by atoms with Crippen LogP contribution in [0.25, 0.3) is 28.1 Å². The van der Waals surface area contributed by atoms with Gasteiger partial charge in [-0.25, -0.2) is 0 Å². The van der Waals surface area contributed by atoms with Crippen molar-refractivity contribution in [1.29, 1.82) is 0 Å². The Labute approximate surface area is 236 Å². The lowest BCUT2D eigenvalue weighted by atomic mass is 10.2. The van der Waals surface area contributed by atoms with Crippen LogP contribution in [-0.4, -0.2) is 42.2 Å². The van der Waals surface area contributed by atoms with Crippen LogP contribution in [0.2, 0.25) is 0 Å². The lowest BCUT2D eigenvalue weighted by Crippen LogP contribution is -2.21. The first-order valence-electron chi connectivity index (χ1n) is 13.7. The van der Waals surface area contributed by atoms with Crippen molar-refractivity contribution in [2.24, 2.45) is 0 Å². The Morgan fingerprint density at radius 1 is 0.976 bits per heavy atom. The van der Waals surface area contributed by atoms with E-state index in [1.165, 1.54) is 4.57 Å². The number of aromatic nitrogens is 5. The van der Waals surface area contributed by atoms with Crippen molar-refractivity contribution in [3.8, 4) is 34.5 Å². The Bertz CT molecular complexity index is 1690. The molecule has 5 rings (SSSR count). The number of para-hydroxylation sites is 2. The number of benzene rings is 2. The van der Waals surface area contributed by atoms with E-state index >= 15 is 0 Å². The molecule has 0 saturated heterocycles. The van der Waals surface area contributed by atoms with E-state index < -0.39 is 11.4 Å². The Hall–Kier alpha value is -4.67. The molecule has 0 aliphatic carbocycles. The third kappa shape index (κ3) is 5.79. The summed E-state index contributed by atoms with van der Waals surface area (Å²) in [5.74, 6) is 0.935. The summed E-state index contributed by atoms with van der Waals surface area (Å²) in [6.07, 6.45) is 1.89. The van der Waals surface area contributed by atoms with E-state index in [2.05, 4.69) is 20.3 Å². The molecule has 0 atom stereocenters. The Kier molecular flexibility index (Phi) is 8.04. The number of nitrogens with zero attached hydrogens (tertiary/aromatic N) is 5. The van der Waals surface area contributed by atoms with Crippen molar-refractivity contribution in [3.05, 3.63) is 70.2 Å². The van der Waals surface area contributed by atoms with Gasteiger partial charge in [0.25, 0.3) is 11.4 Å². The standard InChI is InChI=1S/C30H33N5O6/c1-6-7-15-24-31-28(36)26(29-33-32-25(40-29)16-20-19-11-8-9-12-21(19)41-34-20)30(37)35(24)27-22(38-17(2)3)13-10-14-23(27)39-18(4)5/h8-14,17-18,37H,6-7,15-16H2,1-5H3. The van der Waals surface area contributed by atoms with Crippen molar-refractivity contribution in [2.75, 3.05) is 0 Å². The average Bonchev–Trinajstić information content (AvgIpc) is 3.55. The number of unbranched alkanes of at least 4 members (excludes halogenated alkanes) is 1. The van der Waals surface area contributed by atoms with Gasteiger partial charge in [-0.1, -0.05) is 36.7 Å². The molecule has 0 spiro atoms. The minimum absolute atomic E-state index is 0.160. The monoisotopic (exact) mass is 559 g/mol. The van der Waals surface area contributed by atoms with E-state index in [0.717, 1.165) is 18.2 Å². The van der Waals surface area contributed by atoms with Gasteiger partial charge in [-0.3, -0.25) is 9.36 Å². The number of aryl methyl sites for hydroxylation is 1. The van der Waals surface area contributed by atoms with Gasteiger partial charge >= 0.3 is 0 Å². The molecule has 2 aromatic carbocycles. The van der Waals surface area contributed by atoms with E-state index in [4.69, 9.17) is 18.4 Å². The highest BCUT2D eigenvalue weighted by Crippen LogP contribution is 2.39. The van der Waals surface area contributed by atoms with Crippen LogP contribution in [0.1, 0.15) is 64.9 Å². The predicted molar refractivity (Wildman–Crippen MR) is 152 cm³/mol. The molecular formula is C30H33N5O6. The zero-order valence-electron chi connectivity index (χ0n) is 23.7. The normalized spacial score (nSPS) is 11.6. The Balaban J connectivity index is 1.65. The van der Waals surface area contributed by atoms with Crippen molar-refractivity contribution in [3.63, 3.8) is 0 Å². The molecule has 1 N–H and O–H groups in total. The summed E-state index contributed by atoms with van der Waals surface area (Å²) in [6.45, 7) is 9.67. The van der Waals surface area contributed by atoms with Crippen LogP contribution in [0, 0.1) is 0 Å². The fourth-order valence-electron chi connectivity index (χ4n) is 4.53. The molecule has 214 valence electrons. The molecule has 0 aliphatic rings. The number of aromatic hydroxyl groups is 1. The summed E-state index contributed by atoms with van der Waals surface area (Å²) < 4.78 is 25.0. The summed E-state index contributed by atoms with van der Waals surface area (Å²) in [5.41, 5.74) is 0.780. The molecule has 41 heavy (non-hydrogen) atoms. The largest absolute Gasteiger partial charge is 0.493 e. The highest BCUT2D eigenvalue weighted by molar-refractivity contribution is 5.79. The molecule has 0 saturated carbocycles. The Morgan fingerprint density at radius 2 is 1.68 bits per heavy atom. The van der Waals surface area contributed by atoms with E-state index in [9.17, 15) is 9.90 Å². The zero-order valence-corrected chi connectivity index (χ0v) is 23.7. The summed E-state index contributed by atoms with van der Waals surface area (Å²) in [7, 11) is 0. The smallest absolute Gasteiger partial charge is 0.289 e. The van der Waals surface area contributed by atoms with Crippen molar-refractivity contribution in [1.82, 2.24) is 24.9 Å². The number of hydrogen-bond donors (Lipinski definition) is 1. The number of fused-ring (bicyclic) bond motifs is 1. The van der Waals surface area contributed by atoms with Gasteiger partial charge in [0.1, 0.15) is 28.7 Å². The van der Waals surface area contributed by atoms with E-state index in [-0.39, 0.29) is 36.0 Å². The van der Waals surface area contributed by atoms with Crippen LogP contribution in [0.15, 0.2) is 56.2 Å². The number of ether oxygens (including phenoxy) is 2. The second kappa shape index (κ2) is 11.8. The Morgan fingerprint density at radius 3 is 2.37 bits per heavy atom. The molecule has 0 aliphatic heterocycles. The first kappa shape index (κ1) is 27.9. The van der Waals surface area contributed by atoms with Gasteiger partial charge in [-0.05, 0) is 58.4 Å². The third-order valence-corrected chi connectivity index (χ3v) is 6.25. The van der Waals surface area contributed by atoms with E-state index in [1.807, 2.05) is 65.0 Å². The quantitative estimate of drug-likeness (QED) is 0.216. The summed E-state index contributed by atoms with van der Waals surface area (Å²) in [4.78, 5) is 17.7. The number of hydrogen-bond acceptors (Lipinski definition) is 10. The lowest BCUT2D eigenvalue weighted by molar-refractivity contribution is 0.226. The van der Waals surface area contributed by atoms with Crippen molar-refractivity contribution in [2.45, 2.75) is 72.5 Å². The molecule has 11 nitrogen and oxygen atoms in total. The van der Waals surface area contributed by atoms with E-state index in [0.29, 0.717) is 40.7 Å². The van der Waals surface area contributed by atoms with Gasteiger partial charge in [-0.2, -0.15) is 4.98 Å². The predicted octanol–water partition coefficient (Wildman–Crippen LogP) is 5.64. The molecule has 5 aromatic rings. The van der Waals surface area contributed by atoms with E-state index in [1.54, 1.807) is 12.1 Å². The second-order valence-corrected chi connectivity index (χ2v) is 10.2. The second-order valence-electron chi connectivity index (χ2n) is 10.2. The van der Waals surface area contributed by atoms with Crippen molar-refractivity contribution >= 4 is 11.0 Å². The minimum Gasteiger partial charge on any atom is -0.493 e. The fourth-order valence-corrected chi connectivity index (χ4v) is 4.53. The molecule has 0 unspecified atom stereocenters. The number of rotatable bonds is 11. The first-order valence-corrected chi connectivity index (χ1v) is 13.7. The van der Waals surface area contributed by atoms with Gasteiger partial charge < -0.3 is 23.5 Å².